The van der Waals surface area contributed by atoms with Gasteiger partial charge in [-0.25, -0.2) is 15.0 Å². The maximum atomic E-state index is 6.65. The highest BCUT2D eigenvalue weighted by molar-refractivity contribution is 6.22. The summed E-state index contributed by atoms with van der Waals surface area (Å²) >= 11 is 0. The zero-order valence-corrected chi connectivity index (χ0v) is 31.1. The van der Waals surface area contributed by atoms with E-state index >= 15 is 0 Å². The standard InChI is InChI=1S/C53H31N3O2/c1-2-11-32(12-3-1)34-23-26-35(27-24-34)51-54-52(39-28-25-33-13-4-5-14-36(33)29-39)56-53(55-51)42-19-10-22-46-50(42)49-41(18-9-21-45(49)57-46)40-17-8-20-44-48(40)43-30-37-15-6-7-16-38(37)31-47(43)58-44/h1-31H. The molecule has 0 spiro atoms. The molecule has 12 rings (SSSR count). The fourth-order valence-corrected chi connectivity index (χ4v) is 8.54. The molecule has 0 atom stereocenters. The SMILES string of the molecule is c1ccc(-c2ccc(-c3nc(-c4ccc5ccccc5c4)nc(-c4cccc5oc6cccc(-c7cccc8oc9cc%10ccccc%10cc9c78)c6c45)n3)cc2)cc1. The van der Waals surface area contributed by atoms with Gasteiger partial charge >= 0.3 is 0 Å². The molecule has 5 heteroatoms. The van der Waals surface area contributed by atoms with Gasteiger partial charge in [-0.3, -0.25) is 0 Å². The van der Waals surface area contributed by atoms with Gasteiger partial charge in [0, 0.05) is 38.2 Å². The van der Waals surface area contributed by atoms with Crippen molar-refractivity contribution < 1.29 is 8.83 Å². The summed E-state index contributed by atoms with van der Waals surface area (Å²) in [6.07, 6.45) is 0. The van der Waals surface area contributed by atoms with E-state index < -0.39 is 0 Å². The maximum Gasteiger partial charge on any atom is 0.164 e. The Hall–Kier alpha value is -7.89. The molecule has 3 heterocycles. The van der Waals surface area contributed by atoms with Gasteiger partial charge in [-0.05, 0) is 80.2 Å². The van der Waals surface area contributed by atoms with Crippen LogP contribution in [0.4, 0.5) is 0 Å². The molecule has 12 aromatic rings. The number of hydrogen-bond donors (Lipinski definition) is 0. The van der Waals surface area contributed by atoms with Gasteiger partial charge in [-0.2, -0.15) is 0 Å². The zero-order valence-electron chi connectivity index (χ0n) is 31.1. The molecule has 0 saturated heterocycles. The molecule has 0 aliphatic heterocycles. The van der Waals surface area contributed by atoms with Crippen LogP contribution in [0.15, 0.2) is 197 Å². The summed E-state index contributed by atoms with van der Waals surface area (Å²) in [6, 6.07) is 65.1. The molecule has 9 aromatic carbocycles. The second-order valence-corrected chi connectivity index (χ2v) is 14.7. The Morgan fingerprint density at radius 3 is 1.48 bits per heavy atom. The lowest BCUT2D eigenvalue weighted by Crippen LogP contribution is -2.00. The second kappa shape index (κ2) is 12.8. The van der Waals surface area contributed by atoms with E-state index in [2.05, 4.69) is 164 Å². The first kappa shape index (κ1) is 32.4. The quantitative estimate of drug-likeness (QED) is 0.176. The summed E-state index contributed by atoms with van der Waals surface area (Å²) in [7, 11) is 0. The van der Waals surface area contributed by atoms with E-state index in [0.29, 0.717) is 17.5 Å². The molecule has 0 fully saturated rings. The number of nitrogens with zero attached hydrogens (tertiary/aromatic N) is 3. The Kier molecular flexibility index (Phi) is 7.16. The van der Waals surface area contributed by atoms with Gasteiger partial charge in [0.1, 0.15) is 22.3 Å². The maximum absolute atomic E-state index is 6.65. The zero-order chi connectivity index (χ0) is 38.2. The number of hydrogen-bond acceptors (Lipinski definition) is 5. The van der Waals surface area contributed by atoms with Crippen molar-refractivity contribution in [1.29, 1.82) is 0 Å². The van der Waals surface area contributed by atoms with Crippen molar-refractivity contribution in [1.82, 2.24) is 15.0 Å². The largest absolute Gasteiger partial charge is 0.456 e. The van der Waals surface area contributed by atoms with Crippen molar-refractivity contribution >= 4 is 65.4 Å². The summed E-state index contributed by atoms with van der Waals surface area (Å²) in [5, 5.41) is 8.70. The molecule has 0 amide bonds. The van der Waals surface area contributed by atoms with E-state index in [-0.39, 0.29) is 0 Å². The lowest BCUT2D eigenvalue weighted by atomic mass is 9.93. The predicted molar refractivity (Wildman–Crippen MR) is 237 cm³/mol. The van der Waals surface area contributed by atoms with Crippen LogP contribution >= 0.6 is 0 Å². The smallest absolute Gasteiger partial charge is 0.164 e. The van der Waals surface area contributed by atoms with Crippen LogP contribution < -0.4 is 0 Å². The summed E-state index contributed by atoms with van der Waals surface area (Å²) < 4.78 is 13.2. The molecule has 0 N–H and O–H groups in total. The second-order valence-electron chi connectivity index (χ2n) is 14.7. The van der Waals surface area contributed by atoms with Gasteiger partial charge in [0.05, 0.1) is 0 Å². The van der Waals surface area contributed by atoms with Crippen molar-refractivity contribution in [3.8, 4) is 56.4 Å². The first-order chi connectivity index (χ1) is 28.7. The van der Waals surface area contributed by atoms with Crippen LogP contribution in [0, 0.1) is 0 Å². The third kappa shape index (κ3) is 5.21. The molecule has 0 bridgehead atoms. The molecular formula is C53H31N3O2. The molecule has 0 unspecified atom stereocenters. The molecule has 3 aromatic heterocycles. The Balaban J connectivity index is 1.09. The van der Waals surface area contributed by atoms with Crippen LogP contribution in [0.3, 0.4) is 0 Å². The van der Waals surface area contributed by atoms with Crippen molar-refractivity contribution in [3.05, 3.63) is 188 Å². The minimum atomic E-state index is 0.571. The summed E-state index contributed by atoms with van der Waals surface area (Å²) in [6.45, 7) is 0. The van der Waals surface area contributed by atoms with Crippen molar-refractivity contribution in [3.63, 3.8) is 0 Å². The van der Waals surface area contributed by atoms with E-state index in [1.54, 1.807) is 0 Å². The van der Waals surface area contributed by atoms with Crippen LogP contribution in [-0.4, -0.2) is 15.0 Å². The summed E-state index contributed by atoms with van der Waals surface area (Å²) in [5.41, 5.74) is 10.3. The average Bonchev–Trinajstić information content (AvgIpc) is 3.86. The van der Waals surface area contributed by atoms with Gasteiger partial charge in [0.15, 0.2) is 17.5 Å². The molecule has 270 valence electrons. The van der Waals surface area contributed by atoms with Gasteiger partial charge in [0.2, 0.25) is 0 Å². The fourth-order valence-electron chi connectivity index (χ4n) is 8.54. The topological polar surface area (TPSA) is 65.0 Å². The van der Waals surface area contributed by atoms with Gasteiger partial charge in [-0.15, -0.1) is 0 Å². The van der Waals surface area contributed by atoms with E-state index in [9.17, 15) is 0 Å². The first-order valence-corrected chi connectivity index (χ1v) is 19.4. The Morgan fingerprint density at radius 1 is 0.276 bits per heavy atom. The van der Waals surface area contributed by atoms with Crippen molar-refractivity contribution in [2.45, 2.75) is 0 Å². The Morgan fingerprint density at radius 2 is 0.759 bits per heavy atom. The molecular weight excluding hydrogens is 711 g/mol. The number of aromatic nitrogens is 3. The minimum Gasteiger partial charge on any atom is -0.456 e. The molecule has 58 heavy (non-hydrogen) atoms. The summed E-state index contributed by atoms with van der Waals surface area (Å²) in [5.74, 6) is 1.77. The van der Waals surface area contributed by atoms with E-state index in [1.165, 1.54) is 5.39 Å². The minimum absolute atomic E-state index is 0.571. The third-order valence-corrected chi connectivity index (χ3v) is 11.3. The van der Waals surface area contributed by atoms with E-state index in [4.69, 9.17) is 23.8 Å². The molecule has 0 radical (unpaired) electrons. The van der Waals surface area contributed by atoms with Crippen LogP contribution in [0.5, 0.6) is 0 Å². The fraction of sp³-hybridized carbons (Fsp3) is 0. The lowest BCUT2D eigenvalue weighted by Gasteiger charge is -2.11. The van der Waals surface area contributed by atoms with Gasteiger partial charge < -0.3 is 8.83 Å². The molecule has 0 aliphatic carbocycles. The lowest BCUT2D eigenvalue weighted by molar-refractivity contribution is 0.668. The highest BCUT2D eigenvalue weighted by atomic mass is 16.3. The van der Waals surface area contributed by atoms with Crippen molar-refractivity contribution in [2.24, 2.45) is 0 Å². The summed E-state index contributed by atoms with van der Waals surface area (Å²) in [4.78, 5) is 15.6. The molecule has 0 saturated carbocycles. The third-order valence-electron chi connectivity index (χ3n) is 11.3. The number of fused-ring (bicyclic) bond motifs is 8. The monoisotopic (exact) mass is 741 g/mol. The highest BCUT2D eigenvalue weighted by Crippen LogP contribution is 2.45. The average molecular weight is 742 g/mol. The molecule has 0 aliphatic rings. The number of furan rings is 2. The van der Waals surface area contributed by atoms with Gasteiger partial charge in [-0.1, -0.05) is 152 Å². The normalized spacial score (nSPS) is 11.8. The molecule has 5 nitrogen and oxygen atoms in total. The van der Waals surface area contributed by atoms with E-state index in [0.717, 1.165) is 99.0 Å². The van der Waals surface area contributed by atoms with Crippen LogP contribution in [0.1, 0.15) is 0 Å². The van der Waals surface area contributed by atoms with Crippen LogP contribution in [0.25, 0.3) is 122 Å². The number of benzene rings is 9. The van der Waals surface area contributed by atoms with E-state index in [1.807, 2.05) is 24.3 Å². The first-order valence-electron chi connectivity index (χ1n) is 19.4. The highest BCUT2D eigenvalue weighted by Gasteiger charge is 2.22. The van der Waals surface area contributed by atoms with Crippen molar-refractivity contribution in [2.75, 3.05) is 0 Å². The predicted octanol–water partition coefficient (Wildman–Crippen LogP) is 14.3. The Bertz CT molecular complexity index is 3570. The Labute approximate surface area is 332 Å². The van der Waals surface area contributed by atoms with Gasteiger partial charge in [0.25, 0.3) is 0 Å². The van der Waals surface area contributed by atoms with Crippen LogP contribution in [0.2, 0.25) is 0 Å². The van der Waals surface area contributed by atoms with Crippen LogP contribution in [-0.2, 0) is 0 Å². The number of rotatable bonds is 5.